The van der Waals surface area contributed by atoms with Gasteiger partial charge in [0.15, 0.2) is 16.7 Å². The third-order valence-corrected chi connectivity index (χ3v) is 6.47. The van der Waals surface area contributed by atoms with Crippen molar-refractivity contribution in [2.45, 2.75) is 6.92 Å². The summed E-state index contributed by atoms with van der Waals surface area (Å²) in [7, 11) is 3.28. The first kappa shape index (κ1) is 23.8. The maximum Gasteiger partial charge on any atom is 0.266 e. The van der Waals surface area contributed by atoms with Crippen LogP contribution in [0.5, 0.6) is 11.5 Å². The second kappa shape index (κ2) is 10.8. The summed E-state index contributed by atoms with van der Waals surface area (Å²) in [5.41, 5.74) is 2.01. The molecule has 0 bridgehead atoms. The molecule has 0 N–H and O–H groups in total. The molecular weight excluding hydrogens is 454 g/mol. The van der Waals surface area contributed by atoms with Crippen molar-refractivity contribution in [1.29, 1.82) is 0 Å². The summed E-state index contributed by atoms with van der Waals surface area (Å²) >= 11 is 1.29. The quantitative estimate of drug-likeness (QED) is 0.584. The molecular formula is C25H27N3O5S. The number of methoxy groups -OCH3 is 1. The van der Waals surface area contributed by atoms with Crippen molar-refractivity contribution in [2.24, 2.45) is 4.99 Å². The molecule has 2 amide bonds. The van der Waals surface area contributed by atoms with E-state index < -0.39 is 0 Å². The Morgan fingerprint density at radius 1 is 1.18 bits per heavy atom. The number of amides is 2. The van der Waals surface area contributed by atoms with Gasteiger partial charge in [-0.1, -0.05) is 12.1 Å². The number of hydrogen-bond acceptors (Lipinski definition) is 7. The lowest BCUT2D eigenvalue weighted by Gasteiger charge is -2.26. The highest BCUT2D eigenvalue weighted by atomic mass is 32.2. The van der Waals surface area contributed by atoms with Gasteiger partial charge < -0.3 is 19.1 Å². The molecule has 0 saturated carbocycles. The van der Waals surface area contributed by atoms with Crippen molar-refractivity contribution in [3.63, 3.8) is 0 Å². The third kappa shape index (κ3) is 5.26. The Balaban J connectivity index is 1.55. The monoisotopic (exact) mass is 481 g/mol. The van der Waals surface area contributed by atoms with Crippen LogP contribution in [0.3, 0.4) is 0 Å². The fourth-order valence-electron chi connectivity index (χ4n) is 3.62. The van der Waals surface area contributed by atoms with Crippen molar-refractivity contribution in [3.05, 3.63) is 58.5 Å². The Morgan fingerprint density at radius 3 is 2.71 bits per heavy atom. The molecule has 2 aromatic rings. The first-order valence-corrected chi connectivity index (χ1v) is 11.9. The van der Waals surface area contributed by atoms with Crippen molar-refractivity contribution >= 4 is 40.5 Å². The topological polar surface area (TPSA) is 80.7 Å². The van der Waals surface area contributed by atoms with E-state index in [1.807, 2.05) is 37.3 Å². The van der Waals surface area contributed by atoms with Gasteiger partial charge >= 0.3 is 0 Å². The van der Waals surface area contributed by atoms with Gasteiger partial charge in [-0.15, -0.1) is 0 Å². The minimum atomic E-state index is -0.142. The molecule has 0 atom stereocenters. The van der Waals surface area contributed by atoms with Crippen LogP contribution in [0.2, 0.25) is 0 Å². The Kier molecular flexibility index (Phi) is 7.54. The zero-order valence-corrected chi connectivity index (χ0v) is 20.3. The third-order valence-electron chi connectivity index (χ3n) is 5.41. The number of ether oxygens (including phenoxy) is 3. The van der Waals surface area contributed by atoms with Crippen LogP contribution in [0.1, 0.15) is 22.8 Å². The van der Waals surface area contributed by atoms with Crippen LogP contribution in [-0.4, -0.2) is 73.8 Å². The number of benzene rings is 2. The van der Waals surface area contributed by atoms with Crippen LogP contribution in [0.25, 0.3) is 6.08 Å². The first-order chi connectivity index (χ1) is 16.5. The minimum absolute atomic E-state index is 0.0427. The largest absolute Gasteiger partial charge is 0.493 e. The Morgan fingerprint density at radius 2 is 1.97 bits per heavy atom. The van der Waals surface area contributed by atoms with Gasteiger partial charge in [-0.2, -0.15) is 0 Å². The molecule has 2 aliphatic heterocycles. The Labute approximate surface area is 203 Å². The molecule has 2 aromatic carbocycles. The van der Waals surface area contributed by atoms with Gasteiger partial charge in [0.25, 0.3) is 11.8 Å². The maximum absolute atomic E-state index is 12.8. The molecule has 4 rings (SSSR count). The zero-order valence-electron chi connectivity index (χ0n) is 19.4. The van der Waals surface area contributed by atoms with Crippen molar-refractivity contribution in [1.82, 2.24) is 9.80 Å². The maximum atomic E-state index is 12.8. The van der Waals surface area contributed by atoms with E-state index in [4.69, 9.17) is 14.2 Å². The summed E-state index contributed by atoms with van der Waals surface area (Å²) in [5, 5.41) is 0.546. The molecule has 2 fully saturated rings. The predicted octanol–water partition coefficient (Wildman–Crippen LogP) is 3.80. The average molecular weight is 482 g/mol. The molecule has 0 unspecified atom stereocenters. The summed E-state index contributed by atoms with van der Waals surface area (Å²) < 4.78 is 16.3. The summed E-state index contributed by atoms with van der Waals surface area (Å²) in [6, 6.07) is 12.7. The number of hydrogen-bond donors (Lipinski definition) is 0. The van der Waals surface area contributed by atoms with E-state index in [2.05, 4.69) is 4.99 Å². The molecule has 9 heteroatoms. The molecule has 2 heterocycles. The summed E-state index contributed by atoms with van der Waals surface area (Å²) in [6.07, 6.45) is 1.81. The number of amidine groups is 1. The molecule has 2 saturated heterocycles. The van der Waals surface area contributed by atoms with Crippen molar-refractivity contribution < 1.29 is 23.8 Å². The second-order valence-corrected chi connectivity index (χ2v) is 8.68. The van der Waals surface area contributed by atoms with Gasteiger partial charge in [0.05, 0.1) is 37.5 Å². The number of morpholine rings is 1. The fourth-order valence-corrected chi connectivity index (χ4v) is 4.61. The van der Waals surface area contributed by atoms with Gasteiger partial charge in [0.2, 0.25) is 0 Å². The summed E-state index contributed by atoms with van der Waals surface area (Å²) in [4.78, 5) is 34.1. The zero-order chi connectivity index (χ0) is 24.1. The molecule has 178 valence electrons. The van der Waals surface area contributed by atoms with Crippen molar-refractivity contribution in [3.8, 4) is 11.5 Å². The lowest BCUT2D eigenvalue weighted by molar-refractivity contribution is -0.121. The number of carbonyl (C=O) groups is 2. The number of thioether (sulfide) groups is 1. The van der Waals surface area contributed by atoms with E-state index in [1.54, 1.807) is 37.3 Å². The molecule has 8 nitrogen and oxygen atoms in total. The molecule has 0 aliphatic carbocycles. The van der Waals surface area contributed by atoms with E-state index >= 15 is 0 Å². The van der Waals surface area contributed by atoms with Crippen LogP contribution < -0.4 is 9.47 Å². The fraction of sp³-hybridized carbons (Fsp3) is 0.320. The van der Waals surface area contributed by atoms with Crippen LogP contribution in [0, 0.1) is 0 Å². The second-order valence-electron chi connectivity index (χ2n) is 7.67. The van der Waals surface area contributed by atoms with E-state index in [1.165, 1.54) is 16.7 Å². The Hall–Kier alpha value is -3.30. The molecule has 0 radical (unpaired) electrons. The molecule has 0 spiro atoms. The van der Waals surface area contributed by atoms with Gasteiger partial charge in [-0.25, -0.2) is 4.99 Å². The lowest BCUT2D eigenvalue weighted by atomic mass is 10.1. The number of carbonyl (C=O) groups excluding carboxylic acids is 2. The first-order valence-electron chi connectivity index (χ1n) is 11.0. The van der Waals surface area contributed by atoms with Crippen LogP contribution >= 0.6 is 11.8 Å². The van der Waals surface area contributed by atoms with Gasteiger partial charge in [-0.3, -0.25) is 14.5 Å². The van der Waals surface area contributed by atoms with Crippen LogP contribution in [0.15, 0.2) is 52.4 Å². The summed E-state index contributed by atoms with van der Waals surface area (Å²) in [5.74, 6) is 1.08. The Bertz CT molecular complexity index is 1140. The van der Waals surface area contributed by atoms with E-state index in [0.29, 0.717) is 65.7 Å². The van der Waals surface area contributed by atoms with Gasteiger partial charge in [0, 0.05) is 25.7 Å². The molecule has 34 heavy (non-hydrogen) atoms. The van der Waals surface area contributed by atoms with E-state index in [9.17, 15) is 9.59 Å². The normalized spacial score (nSPS) is 18.6. The van der Waals surface area contributed by atoms with E-state index in [-0.39, 0.29) is 11.8 Å². The number of nitrogens with zero attached hydrogens (tertiary/aromatic N) is 3. The lowest BCUT2D eigenvalue weighted by Crippen LogP contribution is -2.40. The van der Waals surface area contributed by atoms with Crippen LogP contribution in [0.4, 0.5) is 5.69 Å². The average Bonchev–Trinajstić information content (AvgIpc) is 3.12. The number of rotatable bonds is 6. The highest BCUT2D eigenvalue weighted by Gasteiger charge is 2.30. The van der Waals surface area contributed by atoms with Crippen LogP contribution in [-0.2, 0) is 9.53 Å². The predicted molar refractivity (Wildman–Crippen MR) is 133 cm³/mol. The standard InChI is InChI=1S/C25H27N3O5S/c1-4-33-20-9-8-17(14-21(20)31-3)15-22-24(30)27(2)25(34-22)26-19-7-5-6-18(16-19)23(29)28-10-12-32-13-11-28/h5-9,14-16H,4,10-13H2,1-3H3/b22-15+,26-25?. The highest BCUT2D eigenvalue weighted by molar-refractivity contribution is 8.18. The summed E-state index contributed by atoms with van der Waals surface area (Å²) in [6.45, 7) is 4.70. The molecule has 2 aliphatic rings. The smallest absolute Gasteiger partial charge is 0.266 e. The molecule has 0 aromatic heterocycles. The SMILES string of the molecule is CCOc1ccc(/C=C2/SC(=Nc3cccc(C(=O)N4CCOCC4)c3)N(C)C2=O)cc1OC. The van der Waals surface area contributed by atoms with Crippen molar-refractivity contribution in [2.75, 3.05) is 47.1 Å². The van der Waals surface area contributed by atoms with E-state index in [0.717, 1.165) is 5.56 Å². The highest BCUT2D eigenvalue weighted by Crippen LogP contribution is 2.35. The number of likely N-dealkylation sites (N-methyl/N-ethyl adjacent to an activating group) is 1. The van der Waals surface area contributed by atoms with Gasteiger partial charge in [-0.05, 0) is 60.7 Å². The number of aliphatic imine (C=N–C) groups is 1. The minimum Gasteiger partial charge on any atom is -0.493 e. The van der Waals surface area contributed by atoms with Gasteiger partial charge in [0.1, 0.15) is 0 Å².